The van der Waals surface area contributed by atoms with Crippen LogP contribution in [0.25, 0.3) is 0 Å². The quantitative estimate of drug-likeness (QED) is 0.0405. The van der Waals surface area contributed by atoms with Crippen molar-refractivity contribution in [3.05, 3.63) is 85.5 Å². The molecular formula is C36H45N5O5. The predicted octanol–water partition coefficient (Wildman–Crippen LogP) is 10.1. The van der Waals surface area contributed by atoms with Gasteiger partial charge in [-0.15, -0.1) is 0 Å². The molecule has 0 aliphatic rings. The fourth-order valence-corrected chi connectivity index (χ4v) is 4.36. The molecule has 0 heterocycles. The van der Waals surface area contributed by atoms with Crippen molar-refractivity contribution in [2.24, 2.45) is 20.5 Å². The standard InChI is InChI=1S/C36H45N5O5/c1-5-9-10-11-12-13-36(46-35(43)7-3)45-33-24-20-31(21-25-33)40-38-29-16-14-28(15-17-29)37-39-30-18-22-32(23-19-30)41(8-4)26-27-44-34(42)6-2/h6,14-25,36H,2,5,7-13,26-27H2,1,3-4H3/b39-37+,40-38+. The van der Waals surface area contributed by atoms with Crippen molar-refractivity contribution in [2.75, 3.05) is 24.6 Å². The zero-order valence-corrected chi connectivity index (χ0v) is 27.1. The van der Waals surface area contributed by atoms with E-state index >= 15 is 0 Å². The average molecular weight is 628 g/mol. The summed E-state index contributed by atoms with van der Waals surface area (Å²) in [5.74, 6) is -0.0852. The lowest BCUT2D eigenvalue weighted by atomic mass is 10.1. The Hall–Kier alpha value is -4.86. The number of unbranched alkanes of at least 4 members (excludes halogenated alkanes) is 4. The number of benzene rings is 3. The van der Waals surface area contributed by atoms with Crippen molar-refractivity contribution in [3.8, 4) is 5.75 Å². The molecular weight excluding hydrogens is 582 g/mol. The highest BCUT2D eigenvalue weighted by atomic mass is 16.7. The highest BCUT2D eigenvalue weighted by molar-refractivity contribution is 5.81. The Morgan fingerprint density at radius 2 is 1.28 bits per heavy atom. The van der Waals surface area contributed by atoms with Crippen LogP contribution in [0.4, 0.5) is 28.4 Å². The molecule has 0 spiro atoms. The largest absolute Gasteiger partial charge is 0.461 e. The van der Waals surface area contributed by atoms with Gasteiger partial charge in [-0.3, -0.25) is 4.79 Å². The van der Waals surface area contributed by atoms with Gasteiger partial charge in [-0.1, -0.05) is 46.1 Å². The summed E-state index contributed by atoms with van der Waals surface area (Å²) in [5, 5.41) is 17.3. The molecule has 0 aromatic heterocycles. The molecule has 10 heteroatoms. The number of carbonyl (C=O) groups is 2. The van der Waals surface area contributed by atoms with Gasteiger partial charge in [0.15, 0.2) is 0 Å². The first kappa shape index (κ1) is 35.6. The Bertz CT molecular complexity index is 1410. The molecule has 0 saturated heterocycles. The summed E-state index contributed by atoms with van der Waals surface area (Å²) in [7, 11) is 0. The van der Waals surface area contributed by atoms with Crippen molar-refractivity contribution in [1.82, 2.24) is 0 Å². The van der Waals surface area contributed by atoms with Crippen molar-refractivity contribution in [2.45, 2.75) is 72.0 Å². The predicted molar refractivity (Wildman–Crippen MR) is 181 cm³/mol. The first-order valence-electron chi connectivity index (χ1n) is 16.0. The van der Waals surface area contributed by atoms with Crippen molar-refractivity contribution >= 4 is 40.4 Å². The van der Waals surface area contributed by atoms with Crippen LogP contribution in [0.2, 0.25) is 0 Å². The van der Waals surface area contributed by atoms with Gasteiger partial charge in [0, 0.05) is 31.1 Å². The van der Waals surface area contributed by atoms with E-state index < -0.39 is 12.3 Å². The Labute approximate surface area is 272 Å². The third kappa shape index (κ3) is 13.0. The van der Waals surface area contributed by atoms with Crippen molar-refractivity contribution in [1.29, 1.82) is 0 Å². The zero-order valence-electron chi connectivity index (χ0n) is 27.1. The summed E-state index contributed by atoms with van der Waals surface area (Å²) in [6.07, 6.45) is 7.13. The molecule has 10 nitrogen and oxygen atoms in total. The fourth-order valence-electron chi connectivity index (χ4n) is 4.36. The van der Waals surface area contributed by atoms with Gasteiger partial charge < -0.3 is 19.1 Å². The number of rotatable bonds is 20. The van der Waals surface area contributed by atoms with Crippen LogP contribution in [-0.2, 0) is 19.1 Å². The summed E-state index contributed by atoms with van der Waals surface area (Å²) in [5.41, 5.74) is 3.75. The molecule has 0 N–H and O–H groups in total. The first-order chi connectivity index (χ1) is 22.4. The number of hydrogen-bond donors (Lipinski definition) is 0. The van der Waals surface area contributed by atoms with Gasteiger partial charge in [-0.25, -0.2) is 4.79 Å². The number of anilines is 1. The molecule has 0 aliphatic heterocycles. The van der Waals surface area contributed by atoms with E-state index in [0.29, 0.717) is 42.2 Å². The monoisotopic (exact) mass is 627 g/mol. The van der Waals surface area contributed by atoms with E-state index in [0.717, 1.165) is 36.8 Å². The lowest BCUT2D eigenvalue weighted by Gasteiger charge is -2.22. The molecule has 244 valence electrons. The number of esters is 2. The first-order valence-corrected chi connectivity index (χ1v) is 16.0. The third-order valence-corrected chi connectivity index (χ3v) is 6.98. The number of carbonyl (C=O) groups excluding carboxylic acids is 2. The van der Waals surface area contributed by atoms with Crippen LogP contribution in [0.1, 0.15) is 65.7 Å². The van der Waals surface area contributed by atoms with E-state index in [9.17, 15) is 9.59 Å². The number of nitrogens with zero attached hydrogens (tertiary/aromatic N) is 5. The minimum Gasteiger partial charge on any atom is -0.461 e. The molecule has 1 atom stereocenters. The van der Waals surface area contributed by atoms with Crippen LogP contribution in [0.3, 0.4) is 0 Å². The summed E-state index contributed by atoms with van der Waals surface area (Å²) in [4.78, 5) is 25.2. The molecule has 0 radical (unpaired) electrons. The van der Waals surface area contributed by atoms with Gasteiger partial charge in [-0.2, -0.15) is 20.5 Å². The molecule has 3 rings (SSSR count). The number of ether oxygens (including phenoxy) is 3. The van der Waals surface area contributed by atoms with E-state index in [-0.39, 0.29) is 12.6 Å². The average Bonchev–Trinajstić information content (AvgIpc) is 3.09. The molecule has 1 unspecified atom stereocenters. The molecule has 0 saturated carbocycles. The summed E-state index contributed by atoms with van der Waals surface area (Å²) >= 11 is 0. The second-order valence-electron chi connectivity index (χ2n) is 10.5. The maximum absolute atomic E-state index is 11.9. The Morgan fingerprint density at radius 1 is 0.761 bits per heavy atom. The molecule has 0 aliphatic carbocycles. The van der Waals surface area contributed by atoms with Crippen LogP contribution in [0, 0.1) is 0 Å². The lowest BCUT2D eigenvalue weighted by Crippen LogP contribution is -2.27. The second-order valence-corrected chi connectivity index (χ2v) is 10.5. The number of likely N-dealkylation sites (N-methyl/N-ethyl adjacent to an activating group) is 1. The molecule has 0 fully saturated rings. The Balaban J connectivity index is 1.51. The number of azo groups is 2. The lowest BCUT2D eigenvalue weighted by molar-refractivity contribution is -0.164. The van der Waals surface area contributed by atoms with Gasteiger partial charge in [0.1, 0.15) is 12.4 Å². The van der Waals surface area contributed by atoms with Crippen LogP contribution < -0.4 is 9.64 Å². The van der Waals surface area contributed by atoms with Gasteiger partial charge in [0.2, 0.25) is 6.29 Å². The molecule has 3 aromatic rings. The van der Waals surface area contributed by atoms with Crippen LogP contribution in [0.5, 0.6) is 5.75 Å². The molecule has 3 aromatic carbocycles. The normalized spacial score (nSPS) is 11.8. The van der Waals surface area contributed by atoms with E-state index in [2.05, 4.69) is 38.9 Å². The van der Waals surface area contributed by atoms with Gasteiger partial charge >= 0.3 is 11.9 Å². The minimum absolute atomic E-state index is 0.271. The SMILES string of the molecule is C=CC(=O)OCCN(CC)c1ccc(/N=N/c2ccc(/N=N/c3ccc(OC(CCCCCCC)OC(=O)CC)cc3)cc2)cc1. The Kier molecular flexibility index (Phi) is 15.7. The van der Waals surface area contributed by atoms with Crippen molar-refractivity contribution in [3.63, 3.8) is 0 Å². The molecule has 46 heavy (non-hydrogen) atoms. The van der Waals surface area contributed by atoms with Crippen LogP contribution >= 0.6 is 0 Å². The van der Waals surface area contributed by atoms with E-state index in [4.69, 9.17) is 14.2 Å². The van der Waals surface area contributed by atoms with Crippen LogP contribution in [-0.4, -0.2) is 37.9 Å². The van der Waals surface area contributed by atoms with E-state index in [1.54, 1.807) is 19.1 Å². The van der Waals surface area contributed by atoms with Gasteiger partial charge in [-0.05, 0) is 86.1 Å². The topological polar surface area (TPSA) is 115 Å². The number of hydrogen-bond acceptors (Lipinski definition) is 10. The third-order valence-electron chi connectivity index (χ3n) is 6.98. The summed E-state index contributed by atoms with van der Waals surface area (Å²) in [6, 6.07) is 22.2. The van der Waals surface area contributed by atoms with E-state index in [1.165, 1.54) is 19.3 Å². The van der Waals surface area contributed by atoms with Gasteiger partial charge in [0.25, 0.3) is 0 Å². The summed E-state index contributed by atoms with van der Waals surface area (Å²) in [6.45, 7) is 11.0. The maximum atomic E-state index is 11.9. The Morgan fingerprint density at radius 3 is 1.78 bits per heavy atom. The molecule has 0 bridgehead atoms. The minimum atomic E-state index is -0.602. The second kappa shape index (κ2) is 20.2. The smallest absolute Gasteiger partial charge is 0.330 e. The van der Waals surface area contributed by atoms with Crippen LogP contribution in [0.15, 0.2) is 106 Å². The van der Waals surface area contributed by atoms with Gasteiger partial charge in [0.05, 0.1) is 29.3 Å². The fraction of sp³-hybridized carbons (Fsp3) is 0.389. The maximum Gasteiger partial charge on any atom is 0.330 e. The summed E-state index contributed by atoms with van der Waals surface area (Å²) < 4.78 is 16.6. The molecule has 0 amide bonds. The zero-order chi connectivity index (χ0) is 33.0. The highest BCUT2D eigenvalue weighted by Gasteiger charge is 2.15. The van der Waals surface area contributed by atoms with E-state index in [1.807, 2.05) is 67.6 Å². The highest BCUT2D eigenvalue weighted by Crippen LogP contribution is 2.26. The van der Waals surface area contributed by atoms with Crippen molar-refractivity contribution < 1.29 is 23.8 Å².